The molecule has 0 spiro atoms. The molecule has 4 aromatic rings. The van der Waals surface area contributed by atoms with Gasteiger partial charge in [-0.15, -0.1) is 0 Å². The van der Waals surface area contributed by atoms with Gasteiger partial charge in [-0.2, -0.15) is 0 Å². The Labute approximate surface area is 221 Å². The molecule has 1 saturated carbocycles. The standard InChI is InChI=1S/C31H30N2O5/c1-20-27(19-33(3)29(34)21(2)37-26-7-5-4-6-8-26)28(38-32-20)24-11-9-22(10-12-24)23-13-15-25(16-14-23)31(17-18-31)30(35)36/h4-16,21H,17-19H2,1-3H3,(H,35,36). The molecule has 1 unspecified atom stereocenters. The minimum absolute atomic E-state index is 0.143. The normalized spacial score (nSPS) is 14.5. The fraction of sp³-hybridized carbons (Fsp3) is 0.258. The number of carboxylic acid groups (broad SMARTS) is 1. The molecule has 5 rings (SSSR count). The van der Waals surface area contributed by atoms with E-state index in [4.69, 9.17) is 9.26 Å². The quantitative estimate of drug-likeness (QED) is 0.303. The third kappa shape index (κ3) is 4.92. The minimum Gasteiger partial charge on any atom is -0.481 e. The van der Waals surface area contributed by atoms with Crippen LogP contribution >= 0.6 is 0 Å². The molecule has 1 atom stereocenters. The largest absolute Gasteiger partial charge is 0.481 e. The summed E-state index contributed by atoms with van der Waals surface area (Å²) >= 11 is 0. The van der Waals surface area contributed by atoms with Gasteiger partial charge in [0.15, 0.2) is 11.9 Å². The Morgan fingerprint density at radius 2 is 1.55 bits per heavy atom. The monoisotopic (exact) mass is 510 g/mol. The number of hydrogen-bond donors (Lipinski definition) is 1. The fourth-order valence-electron chi connectivity index (χ4n) is 4.73. The Kier molecular flexibility index (Phi) is 6.76. The molecule has 0 saturated heterocycles. The van der Waals surface area contributed by atoms with Gasteiger partial charge in [0.2, 0.25) is 0 Å². The molecule has 194 valence electrons. The Balaban J connectivity index is 1.29. The number of aromatic nitrogens is 1. The van der Waals surface area contributed by atoms with Crippen LogP contribution in [0.4, 0.5) is 0 Å². The molecule has 0 aliphatic heterocycles. The first-order valence-electron chi connectivity index (χ1n) is 12.6. The number of aliphatic carboxylic acids is 1. The third-order valence-electron chi connectivity index (χ3n) is 7.24. The highest BCUT2D eigenvalue weighted by Crippen LogP contribution is 2.48. The van der Waals surface area contributed by atoms with Gasteiger partial charge in [-0.1, -0.05) is 71.9 Å². The lowest BCUT2D eigenvalue weighted by Crippen LogP contribution is -2.37. The molecule has 38 heavy (non-hydrogen) atoms. The lowest BCUT2D eigenvalue weighted by molar-refractivity contribution is -0.140. The second-order valence-electron chi connectivity index (χ2n) is 9.89. The van der Waals surface area contributed by atoms with Crippen LogP contribution in [0.15, 0.2) is 83.4 Å². The predicted octanol–water partition coefficient (Wildman–Crippen LogP) is 5.86. The third-order valence-corrected chi connectivity index (χ3v) is 7.24. The van der Waals surface area contributed by atoms with E-state index in [0.717, 1.165) is 33.5 Å². The maximum Gasteiger partial charge on any atom is 0.314 e. The number of nitrogens with zero attached hydrogens (tertiary/aromatic N) is 2. The molecule has 7 heteroatoms. The number of benzene rings is 3. The van der Waals surface area contributed by atoms with E-state index in [1.54, 1.807) is 18.9 Å². The fourth-order valence-corrected chi connectivity index (χ4v) is 4.73. The first-order chi connectivity index (χ1) is 18.3. The van der Waals surface area contributed by atoms with Gasteiger partial charge in [-0.05, 0) is 55.5 Å². The van der Waals surface area contributed by atoms with Crippen LogP contribution < -0.4 is 4.74 Å². The van der Waals surface area contributed by atoms with E-state index in [9.17, 15) is 14.7 Å². The summed E-state index contributed by atoms with van der Waals surface area (Å²) in [5, 5.41) is 13.7. The van der Waals surface area contributed by atoms with Crippen molar-refractivity contribution in [2.45, 2.75) is 44.8 Å². The number of carbonyl (C=O) groups is 2. The summed E-state index contributed by atoms with van der Waals surface area (Å²) in [6, 6.07) is 25.0. The first kappa shape index (κ1) is 25.3. The molecule has 1 amide bonds. The number of ether oxygens (including phenoxy) is 1. The first-order valence-corrected chi connectivity index (χ1v) is 12.6. The average molecular weight is 511 g/mol. The zero-order valence-electron chi connectivity index (χ0n) is 21.7. The predicted molar refractivity (Wildman–Crippen MR) is 144 cm³/mol. The maximum absolute atomic E-state index is 13.0. The smallest absolute Gasteiger partial charge is 0.314 e. The highest BCUT2D eigenvalue weighted by Gasteiger charge is 2.51. The Morgan fingerprint density at radius 3 is 2.13 bits per heavy atom. The molecule has 3 aromatic carbocycles. The van der Waals surface area contributed by atoms with Crippen LogP contribution in [0.1, 0.15) is 36.6 Å². The van der Waals surface area contributed by atoms with Crippen LogP contribution in [0.25, 0.3) is 22.5 Å². The molecular weight excluding hydrogens is 480 g/mol. The Hall–Kier alpha value is -4.39. The minimum atomic E-state index is -0.752. The molecule has 7 nitrogen and oxygen atoms in total. The van der Waals surface area contributed by atoms with Crippen molar-refractivity contribution in [2.24, 2.45) is 0 Å². The molecular formula is C31H30N2O5. The van der Waals surface area contributed by atoms with E-state index < -0.39 is 17.5 Å². The van der Waals surface area contributed by atoms with Crippen molar-refractivity contribution in [3.63, 3.8) is 0 Å². The molecule has 0 radical (unpaired) electrons. The molecule has 1 N–H and O–H groups in total. The van der Waals surface area contributed by atoms with Crippen LogP contribution in [0.2, 0.25) is 0 Å². The van der Waals surface area contributed by atoms with E-state index in [0.29, 0.717) is 30.9 Å². The lowest BCUT2D eigenvalue weighted by Gasteiger charge is -2.22. The number of carboxylic acids is 1. The van der Waals surface area contributed by atoms with Gasteiger partial charge in [0.1, 0.15) is 5.75 Å². The van der Waals surface area contributed by atoms with Crippen molar-refractivity contribution in [3.8, 4) is 28.2 Å². The SMILES string of the molecule is Cc1noc(-c2ccc(-c3ccc(C4(C(=O)O)CC4)cc3)cc2)c1CN(C)C(=O)C(C)Oc1ccccc1. The summed E-state index contributed by atoms with van der Waals surface area (Å²) in [4.78, 5) is 26.2. The van der Waals surface area contributed by atoms with Crippen molar-refractivity contribution >= 4 is 11.9 Å². The highest BCUT2D eigenvalue weighted by atomic mass is 16.5. The van der Waals surface area contributed by atoms with Crippen LogP contribution in [0, 0.1) is 6.92 Å². The molecule has 1 aliphatic rings. The van der Waals surface area contributed by atoms with E-state index in [1.807, 2.05) is 85.8 Å². The van der Waals surface area contributed by atoms with Crippen molar-refractivity contribution in [2.75, 3.05) is 7.05 Å². The number of amides is 1. The summed E-state index contributed by atoms with van der Waals surface area (Å²) < 4.78 is 11.5. The number of likely N-dealkylation sites (N-methyl/N-ethyl adjacent to an activating group) is 1. The molecule has 1 heterocycles. The molecule has 1 aromatic heterocycles. The van der Waals surface area contributed by atoms with Gasteiger partial charge in [-0.25, -0.2) is 0 Å². The summed E-state index contributed by atoms with van der Waals surface area (Å²) in [5.41, 5.74) is 4.60. The maximum atomic E-state index is 13.0. The van der Waals surface area contributed by atoms with Gasteiger partial charge in [0.05, 0.1) is 17.7 Å². The van der Waals surface area contributed by atoms with E-state index in [-0.39, 0.29) is 5.91 Å². The second kappa shape index (κ2) is 10.2. The van der Waals surface area contributed by atoms with E-state index in [1.165, 1.54) is 0 Å². The van der Waals surface area contributed by atoms with Gasteiger partial charge in [-0.3, -0.25) is 9.59 Å². The van der Waals surface area contributed by atoms with E-state index >= 15 is 0 Å². The van der Waals surface area contributed by atoms with E-state index in [2.05, 4.69) is 5.16 Å². The van der Waals surface area contributed by atoms with Crippen LogP contribution in [-0.2, 0) is 21.5 Å². The number of aryl methyl sites for hydroxylation is 1. The average Bonchev–Trinajstić information content (AvgIpc) is 3.68. The number of para-hydroxylation sites is 1. The van der Waals surface area contributed by atoms with Gasteiger partial charge in [0.25, 0.3) is 5.91 Å². The van der Waals surface area contributed by atoms with Crippen LogP contribution in [0.5, 0.6) is 5.75 Å². The van der Waals surface area contributed by atoms with Crippen LogP contribution in [-0.4, -0.2) is 40.2 Å². The number of hydrogen-bond acceptors (Lipinski definition) is 5. The summed E-state index contributed by atoms with van der Waals surface area (Å²) in [5.74, 6) is 0.374. The second-order valence-corrected chi connectivity index (χ2v) is 9.89. The Morgan fingerprint density at radius 1 is 0.974 bits per heavy atom. The summed E-state index contributed by atoms with van der Waals surface area (Å²) in [7, 11) is 1.74. The molecule has 1 fully saturated rings. The molecule has 1 aliphatic carbocycles. The van der Waals surface area contributed by atoms with Crippen LogP contribution in [0.3, 0.4) is 0 Å². The highest BCUT2D eigenvalue weighted by molar-refractivity contribution is 5.85. The zero-order valence-corrected chi connectivity index (χ0v) is 21.7. The van der Waals surface area contributed by atoms with Gasteiger partial charge < -0.3 is 19.3 Å². The summed E-state index contributed by atoms with van der Waals surface area (Å²) in [6.45, 7) is 3.94. The van der Waals surface area contributed by atoms with Gasteiger partial charge >= 0.3 is 5.97 Å². The Bertz CT molecular complexity index is 1440. The molecule has 0 bridgehead atoms. The van der Waals surface area contributed by atoms with Crippen molar-refractivity contribution in [1.82, 2.24) is 10.1 Å². The number of carbonyl (C=O) groups excluding carboxylic acids is 1. The zero-order chi connectivity index (χ0) is 26.9. The topological polar surface area (TPSA) is 92.9 Å². The number of rotatable bonds is 9. The van der Waals surface area contributed by atoms with Crippen molar-refractivity contribution < 1.29 is 24.0 Å². The van der Waals surface area contributed by atoms with Crippen molar-refractivity contribution in [1.29, 1.82) is 0 Å². The van der Waals surface area contributed by atoms with Crippen molar-refractivity contribution in [3.05, 3.63) is 95.7 Å². The summed E-state index contributed by atoms with van der Waals surface area (Å²) in [6.07, 6.45) is 0.742. The van der Waals surface area contributed by atoms with Gasteiger partial charge in [0, 0.05) is 18.2 Å². The lowest BCUT2D eigenvalue weighted by atomic mass is 9.93.